The van der Waals surface area contributed by atoms with E-state index in [0.29, 0.717) is 6.42 Å². The first-order valence-corrected chi connectivity index (χ1v) is 6.91. The van der Waals surface area contributed by atoms with Gasteiger partial charge in [0, 0.05) is 31.0 Å². The van der Waals surface area contributed by atoms with Crippen molar-refractivity contribution in [1.29, 1.82) is 0 Å². The fourth-order valence-corrected chi connectivity index (χ4v) is 1.96. The molecule has 84 valence electrons. The number of aryl methyl sites for hydroxylation is 1. The number of pyridine rings is 1. The molecule has 0 unspecified atom stereocenters. The van der Waals surface area contributed by atoms with E-state index >= 15 is 0 Å². The van der Waals surface area contributed by atoms with Crippen LogP contribution in [0.5, 0.6) is 0 Å². The molecule has 6 heteroatoms. The van der Waals surface area contributed by atoms with Crippen LogP contribution in [0.1, 0.15) is 5.56 Å². The first kappa shape index (κ1) is 12.3. The van der Waals surface area contributed by atoms with E-state index in [4.69, 9.17) is 10.7 Å². The summed E-state index contributed by atoms with van der Waals surface area (Å²) in [5.74, 6) is 0.707. The van der Waals surface area contributed by atoms with E-state index in [2.05, 4.69) is 4.98 Å². The third-order valence-electron chi connectivity index (χ3n) is 1.91. The van der Waals surface area contributed by atoms with Gasteiger partial charge in [-0.25, -0.2) is 13.4 Å². The normalized spacial score (nSPS) is 11.4. The Morgan fingerprint density at radius 2 is 2.13 bits per heavy atom. The van der Waals surface area contributed by atoms with Crippen LogP contribution in [0.25, 0.3) is 0 Å². The predicted molar refractivity (Wildman–Crippen MR) is 61.9 cm³/mol. The number of aromatic nitrogens is 1. The molecule has 15 heavy (non-hydrogen) atoms. The van der Waals surface area contributed by atoms with Crippen LogP contribution in [0.15, 0.2) is 18.3 Å². The summed E-state index contributed by atoms with van der Waals surface area (Å²) in [5.41, 5.74) is 0.881. The summed E-state index contributed by atoms with van der Waals surface area (Å²) in [5, 5.41) is 0. The van der Waals surface area contributed by atoms with Crippen LogP contribution in [0.2, 0.25) is 0 Å². The molecule has 1 rings (SSSR count). The lowest BCUT2D eigenvalue weighted by Crippen LogP contribution is -2.14. The van der Waals surface area contributed by atoms with Crippen molar-refractivity contribution in [2.75, 3.05) is 24.7 Å². The third kappa shape index (κ3) is 4.05. The van der Waals surface area contributed by atoms with Gasteiger partial charge in [0.05, 0.1) is 5.75 Å². The van der Waals surface area contributed by atoms with Crippen LogP contribution in [-0.2, 0) is 15.5 Å². The molecule has 0 aliphatic rings. The predicted octanol–water partition coefficient (Wildman–Crippen LogP) is 1.26. The summed E-state index contributed by atoms with van der Waals surface area (Å²) in [7, 11) is 5.44. The van der Waals surface area contributed by atoms with E-state index in [1.54, 1.807) is 12.3 Å². The fraction of sp³-hybridized carbons (Fsp3) is 0.444. The number of nitrogens with zero attached hydrogens (tertiary/aromatic N) is 2. The minimum Gasteiger partial charge on any atom is -0.363 e. The lowest BCUT2D eigenvalue weighted by atomic mass is 10.2. The zero-order valence-electron chi connectivity index (χ0n) is 8.64. The van der Waals surface area contributed by atoms with Gasteiger partial charge >= 0.3 is 0 Å². The molecule has 0 fully saturated rings. The number of hydrogen-bond acceptors (Lipinski definition) is 4. The van der Waals surface area contributed by atoms with Gasteiger partial charge in [-0.15, -0.1) is 0 Å². The highest BCUT2D eigenvalue weighted by Gasteiger charge is 2.10. The van der Waals surface area contributed by atoms with Gasteiger partial charge in [0.15, 0.2) is 0 Å². The van der Waals surface area contributed by atoms with Gasteiger partial charge in [0.2, 0.25) is 9.05 Å². The Hall–Kier alpha value is -0.810. The third-order valence-corrected chi connectivity index (χ3v) is 3.06. The summed E-state index contributed by atoms with van der Waals surface area (Å²) < 4.78 is 21.6. The molecule has 0 amide bonds. The Labute approximate surface area is 94.3 Å². The second kappa shape index (κ2) is 4.81. The number of hydrogen-bond donors (Lipinski definition) is 0. The average Bonchev–Trinajstić information content (AvgIpc) is 2.14. The summed E-state index contributed by atoms with van der Waals surface area (Å²) in [6.07, 6.45) is 2.06. The van der Waals surface area contributed by atoms with E-state index in [9.17, 15) is 8.42 Å². The Kier molecular flexibility index (Phi) is 3.93. The van der Waals surface area contributed by atoms with Crippen molar-refractivity contribution in [2.45, 2.75) is 6.42 Å². The van der Waals surface area contributed by atoms with Gasteiger partial charge in [0.25, 0.3) is 0 Å². The van der Waals surface area contributed by atoms with Gasteiger partial charge in [0.1, 0.15) is 5.82 Å². The van der Waals surface area contributed by atoms with Crippen LogP contribution in [-0.4, -0.2) is 33.2 Å². The fourth-order valence-electron chi connectivity index (χ4n) is 1.26. The molecule has 1 heterocycles. The van der Waals surface area contributed by atoms with E-state index < -0.39 is 9.05 Å². The molecular weight excluding hydrogens is 236 g/mol. The highest BCUT2D eigenvalue weighted by atomic mass is 35.7. The van der Waals surface area contributed by atoms with Crippen molar-refractivity contribution in [2.24, 2.45) is 0 Å². The molecule has 1 aromatic heterocycles. The quantitative estimate of drug-likeness (QED) is 0.753. The van der Waals surface area contributed by atoms with Crippen molar-refractivity contribution in [3.63, 3.8) is 0 Å². The Morgan fingerprint density at radius 3 is 2.67 bits per heavy atom. The SMILES string of the molecule is CN(C)c1ncccc1CCS(=O)(=O)Cl. The van der Waals surface area contributed by atoms with Crippen molar-refractivity contribution >= 4 is 25.6 Å². The Balaban J connectivity index is 2.85. The molecule has 0 atom stereocenters. The van der Waals surface area contributed by atoms with Crippen LogP contribution in [0, 0.1) is 0 Å². The number of anilines is 1. The average molecular weight is 249 g/mol. The van der Waals surface area contributed by atoms with Gasteiger partial charge in [-0.2, -0.15) is 0 Å². The molecule has 0 saturated carbocycles. The van der Waals surface area contributed by atoms with Crippen LogP contribution >= 0.6 is 10.7 Å². The lowest BCUT2D eigenvalue weighted by molar-refractivity contribution is 0.609. The molecule has 0 aliphatic heterocycles. The van der Waals surface area contributed by atoms with Crippen molar-refractivity contribution in [1.82, 2.24) is 4.98 Å². The highest BCUT2D eigenvalue weighted by Crippen LogP contribution is 2.16. The van der Waals surface area contributed by atoms with Crippen LogP contribution < -0.4 is 4.90 Å². The summed E-state index contributed by atoms with van der Waals surface area (Å²) in [4.78, 5) is 6.01. The van der Waals surface area contributed by atoms with E-state index in [-0.39, 0.29) is 5.75 Å². The maximum absolute atomic E-state index is 10.8. The smallest absolute Gasteiger partial charge is 0.232 e. The Morgan fingerprint density at radius 1 is 1.47 bits per heavy atom. The molecule has 0 radical (unpaired) electrons. The first-order valence-electron chi connectivity index (χ1n) is 4.44. The summed E-state index contributed by atoms with van der Waals surface area (Å²) in [6.45, 7) is 0. The highest BCUT2D eigenvalue weighted by molar-refractivity contribution is 8.13. The van der Waals surface area contributed by atoms with Crippen molar-refractivity contribution < 1.29 is 8.42 Å². The molecule has 0 aromatic carbocycles. The van der Waals surface area contributed by atoms with Crippen molar-refractivity contribution in [3.8, 4) is 0 Å². The molecule has 0 saturated heterocycles. The largest absolute Gasteiger partial charge is 0.363 e. The van der Waals surface area contributed by atoms with Crippen LogP contribution in [0.3, 0.4) is 0 Å². The van der Waals surface area contributed by atoms with E-state index in [1.807, 2.05) is 25.1 Å². The second-order valence-corrected chi connectivity index (χ2v) is 6.27. The minimum absolute atomic E-state index is 0.0684. The van der Waals surface area contributed by atoms with E-state index in [0.717, 1.165) is 11.4 Å². The number of rotatable bonds is 4. The molecule has 4 nitrogen and oxygen atoms in total. The topological polar surface area (TPSA) is 50.3 Å². The maximum atomic E-state index is 10.8. The lowest BCUT2D eigenvalue weighted by Gasteiger charge is -2.15. The molecular formula is C9H13ClN2O2S. The van der Waals surface area contributed by atoms with Gasteiger partial charge in [-0.05, 0) is 18.1 Å². The zero-order chi connectivity index (χ0) is 11.5. The first-order chi connectivity index (χ1) is 6.90. The minimum atomic E-state index is -3.44. The van der Waals surface area contributed by atoms with Gasteiger partial charge < -0.3 is 4.90 Å². The molecule has 0 bridgehead atoms. The van der Waals surface area contributed by atoms with E-state index in [1.165, 1.54) is 0 Å². The molecule has 0 aliphatic carbocycles. The molecule has 0 N–H and O–H groups in total. The standard InChI is InChI=1S/C9H13ClN2O2S/c1-12(2)9-8(4-3-6-11-9)5-7-15(10,13)14/h3-4,6H,5,7H2,1-2H3. The maximum Gasteiger partial charge on any atom is 0.232 e. The summed E-state index contributed by atoms with van der Waals surface area (Å²) in [6, 6.07) is 3.63. The van der Waals surface area contributed by atoms with Crippen LogP contribution in [0.4, 0.5) is 5.82 Å². The van der Waals surface area contributed by atoms with Gasteiger partial charge in [-0.3, -0.25) is 0 Å². The molecule has 0 spiro atoms. The Bertz CT molecular complexity index is 431. The molecule has 1 aromatic rings. The zero-order valence-corrected chi connectivity index (χ0v) is 10.2. The second-order valence-electron chi connectivity index (χ2n) is 3.37. The number of halogens is 1. The monoisotopic (exact) mass is 248 g/mol. The summed E-state index contributed by atoms with van der Waals surface area (Å²) >= 11 is 0. The van der Waals surface area contributed by atoms with Crippen molar-refractivity contribution in [3.05, 3.63) is 23.9 Å². The van der Waals surface area contributed by atoms with Gasteiger partial charge in [-0.1, -0.05) is 6.07 Å².